The number of ether oxygens (including phenoxy) is 2. The van der Waals surface area contributed by atoms with Crippen molar-refractivity contribution in [3.63, 3.8) is 0 Å². The Morgan fingerprint density at radius 1 is 0.639 bits per heavy atom. The van der Waals surface area contributed by atoms with E-state index in [9.17, 15) is 0 Å². The summed E-state index contributed by atoms with van der Waals surface area (Å²) in [4.78, 5) is 17.2. The summed E-state index contributed by atoms with van der Waals surface area (Å²) in [5.74, 6) is 2.36. The van der Waals surface area contributed by atoms with E-state index in [0.29, 0.717) is 41.1 Å². The number of nitrogens with two attached hydrogens (primary N) is 2. The Labute approximate surface area is 209 Å². The van der Waals surface area contributed by atoms with E-state index < -0.39 is 0 Å². The molecule has 8 heteroatoms. The minimum atomic E-state index is -0.329. The van der Waals surface area contributed by atoms with E-state index in [1.807, 2.05) is 72.8 Å². The normalized spacial score (nSPS) is 14.5. The van der Waals surface area contributed by atoms with Crippen molar-refractivity contribution in [1.82, 2.24) is 19.9 Å². The highest BCUT2D eigenvalue weighted by Gasteiger charge is 2.24. The number of aromatic nitrogens is 4. The maximum atomic E-state index is 6.17. The van der Waals surface area contributed by atoms with Crippen LogP contribution < -0.4 is 20.9 Å². The molecule has 0 bridgehead atoms. The van der Waals surface area contributed by atoms with Gasteiger partial charge >= 0.3 is 0 Å². The molecule has 8 nitrogen and oxygen atoms in total. The van der Waals surface area contributed by atoms with Crippen LogP contribution in [0.3, 0.4) is 0 Å². The summed E-state index contributed by atoms with van der Waals surface area (Å²) < 4.78 is 12.3. The van der Waals surface area contributed by atoms with Crippen molar-refractivity contribution in [3.8, 4) is 34.3 Å². The van der Waals surface area contributed by atoms with Crippen LogP contribution in [0, 0.1) is 5.41 Å². The van der Waals surface area contributed by atoms with Gasteiger partial charge in [-0.05, 0) is 12.2 Å². The van der Waals surface area contributed by atoms with Crippen LogP contribution in [0.25, 0.3) is 22.5 Å². The van der Waals surface area contributed by atoms with Gasteiger partial charge in [0.15, 0.2) is 0 Å². The van der Waals surface area contributed by atoms with Gasteiger partial charge in [0.2, 0.25) is 23.7 Å². The smallest absolute Gasteiger partial charge is 0.224 e. The molecular formula is C28H26N6O2. The highest BCUT2D eigenvalue weighted by molar-refractivity contribution is 5.62. The number of nitrogen functional groups attached to an aromatic ring is 2. The zero-order chi connectivity index (χ0) is 25.1. The second-order valence-corrected chi connectivity index (χ2v) is 9.05. The van der Waals surface area contributed by atoms with Crippen LogP contribution in [0.2, 0.25) is 0 Å². The third kappa shape index (κ3) is 5.50. The standard InChI is InChI=1S/C28H26N6O2/c1-28(2)16-20(35-24-14-22(31-26(29)33-24)18-9-5-3-6-10-18)13-21(17-28)36-25-15-23(32-27(30)34-25)19-11-7-4-8-12-19/h3-12,14-17H,13H2,1-2H3,(H2,29,31,33)(H2,30,32,34). The molecule has 2 heterocycles. The summed E-state index contributed by atoms with van der Waals surface area (Å²) in [6.07, 6.45) is 4.47. The first-order valence-corrected chi connectivity index (χ1v) is 11.5. The molecule has 0 spiro atoms. The predicted molar refractivity (Wildman–Crippen MR) is 140 cm³/mol. The Kier molecular flexibility index (Phi) is 6.08. The van der Waals surface area contributed by atoms with Crippen molar-refractivity contribution >= 4 is 11.9 Å². The van der Waals surface area contributed by atoms with Crippen LogP contribution in [0.1, 0.15) is 20.3 Å². The number of hydrogen-bond acceptors (Lipinski definition) is 8. The Morgan fingerprint density at radius 2 is 1.06 bits per heavy atom. The lowest BCUT2D eigenvalue weighted by atomic mass is 9.87. The van der Waals surface area contributed by atoms with E-state index in [1.165, 1.54) is 0 Å². The molecule has 2 aromatic carbocycles. The third-order valence-corrected chi connectivity index (χ3v) is 5.46. The van der Waals surface area contributed by atoms with E-state index in [0.717, 1.165) is 11.1 Å². The molecule has 0 saturated heterocycles. The Hall–Kier alpha value is -4.72. The molecule has 0 radical (unpaired) electrons. The average Bonchev–Trinajstić information content (AvgIpc) is 2.83. The molecule has 36 heavy (non-hydrogen) atoms. The molecule has 0 saturated carbocycles. The van der Waals surface area contributed by atoms with Gasteiger partial charge < -0.3 is 20.9 Å². The molecule has 0 atom stereocenters. The van der Waals surface area contributed by atoms with Crippen molar-refractivity contribution in [2.24, 2.45) is 5.41 Å². The second kappa shape index (κ2) is 9.50. The second-order valence-electron chi connectivity index (χ2n) is 9.05. The van der Waals surface area contributed by atoms with Gasteiger partial charge in [0.1, 0.15) is 11.5 Å². The summed E-state index contributed by atoms with van der Waals surface area (Å²) in [6, 6.07) is 23.0. The fourth-order valence-corrected chi connectivity index (χ4v) is 4.05. The van der Waals surface area contributed by atoms with Gasteiger partial charge in [-0.3, -0.25) is 0 Å². The molecule has 4 N–H and O–H groups in total. The van der Waals surface area contributed by atoms with Crippen LogP contribution in [-0.4, -0.2) is 19.9 Å². The maximum Gasteiger partial charge on any atom is 0.224 e. The minimum absolute atomic E-state index is 0.138. The first-order valence-electron chi connectivity index (χ1n) is 11.5. The molecule has 5 rings (SSSR count). The first kappa shape index (κ1) is 23.0. The van der Waals surface area contributed by atoms with Gasteiger partial charge in [-0.15, -0.1) is 0 Å². The lowest BCUT2D eigenvalue weighted by Gasteiger charge is -2.25. The number of benzene rings is 2. The molecule has 180 valence electrons. The van der Waals surface area contributed by atoms with Gasteiger partial charge in [-0.2, -0.15) is 9.97 Å². The number of anilines is 2. The van der Waals surface area contributed by atoms with Crippen LogP contribution in [0.5, 0.6) is 11.8 Å². The lowest BCUT2D eigenvalue weighted by molar-refractivity contribution is 0.323. The van der Waals surface area contributed by atoms with E-state index in [4.69, 9.17) is 20.9 Å². The van der Waals surface area contributed by atoms with Gasteiger partial charge in [0, 0.05) is 28.7 Å². The van der Waals surface area contributed by atoms with E-state index in [-0.39, 0.29) is 17.3 Å². The van der Waals surface area contributed by atoms with Crippen molar-refractivity contribution in [3.05, 3.63) is 96.5 Å². The highest BCUT2D eigenvalue weighted by Crippen LogP contribution is 2.34. The summed E-state index contributed by atoms with van der Waals surface area (Å²) >= 11 is 0. The average molecular weight is 479 g/mol. The fourth-order valence-electron chi connectivity index (χ4n) is 4.05. The number of rotatable bonds is 6. The van der Waals surface area contributed by atoms with Crippen LogP contribution in [0.15, 0.2) is 96.5 Å². The zero-order valence-corrected chi connectivity index (χ0v) is 20.1. The lowest BCUT2D eigenvalue weighted by Crippen LogP contribution is -2.17. The Bertz CT molecular complexity index is 1340. The van der Waals surface area contributed by atoms with Gasteiger partial charge in [-0.25, -0.2) is 9.97 Å². The van der Waals surface area contributed by atoms with Crippen LogP contribution in [0.4, 0.5) is 11.9 Å². The molecule has 0 amide bonds. The first-order chi connectivity index (χ1) is 17.3. The quantitative estimate of drug-likeness (QED) is 0.377. The van der Waals surface area contributed by atoms with E-state index >= 15 is 0 Å². The van der Waals surface area contributed by atoms with Gasteiger partial charge in [-0.1, -0.05) is 74.5 Å². The summed E-state index contributed by atoms with van der Waals surface area (Å²) in [5.41, 5.74) is 14.8. The van der Waals surface area contributed by atoms with Gasteiger partial charge in [0.05, 0.1) is 17.8 Å². The molecular weight excluding hydrogens is 452 g/mol. The molecule has 4 aromatic rings. The maximum absolute atomic E-state index is 6.17. The fraction of sp³-hybridized carbons (Fsp3) is 0.143. The minimum Gasteiger partial charge on any atom is -0.443 e. The monoisotopic (exact) mass is 478 g/mol. The zero-order valence-electron chi connectivity index (χ0n) is 20.1. The summed E-state index contributed by atoms with van der Waals surface area (Å²) in [7, 11) is 0. The molecule has 0 fully saturated rings. The van der Waals surface area contributed by atoms with Gasteiger partial charge in [0.25, 0.3) is 0 Å². The Balaban J connectivity index is 1.37. The summed E-state index contributed by atoms with van der Waals surface area (Å²) in [5, 5.41) is 0. The topological polar surface area (TPSA) is 122 Å². The number of nitrogens with zero attached hydrogens (tertiary/aromatic N) is 4. The summed E-state index contributed by atoms with van der Waals surface area (Å²) in [6.45, 7) is 4.12. The van der Waals surface area contributed by atoms with E-state index in [2.05, 4.69) is 33.8 Å². The van der Waals surface area contributed by atoms with Crippen molar-refractivity contribution in [2.45, 2.75) is 20.3 Å². The molecule has 2 aromatic heterocycles. The predicted octanol–water partition coefficient (Wildman–Crippen LogP) is 5.42. The van der Waals surface area contributed by atoms with Crippen LogP contribution in [-0.2, 0) is 0 Å². The van der Waals surface area contributed by atoms with Crippen LogP contribution >= 0.6 is 0 Å². The molecule has 1 aliphatic rings. The highest BCUT2D eigenvalue weighted by atomic mass is 16.5. The SMILES string of the molecule is CC1(C)C=C(Oc2cc(-c3ccccc3)nc(N)n2)CC(Oc2cc(-c3ccccc3)nc(N)n2)=C1. The molecule has 0 unspecified atom stereocenters. The number of hydrogen-bond donors (Lipinski definition) is 2. The number of allylic oxidation sites excluding steroid dienone is 2. The van der Waals surface area contributed by atoms with Crippen molar-refractivity contribution in [2.75, 3.05) is 11.5 Å². The Morgan fingerprint density at radius 3 is 1.47 bits per heavy atom. The van der Waals surface area contributed by atoms with E-state index in [1.54, 1.807) is 12.1 Å². The molecule has 0 aliphatic heterocycles. The third-order valence-electron chi connectivity index (χ3n) is 5.46. The van der Waals surface area contributed by atoms with Crippen molar-refractivity contribution < 1.29 is 9.47 Å². The van der Waals surface area contributed by atoms with Crippen molar-refractivity contribution in [1.29, 1.82) is 0 Å². The molecule has 1 aliphatic carbocycles. The largest absolute Gasteiger partial charge is 0.443 e.